The molecule has 0 aliphatic rings. The number of rotatable bonds is 3. The molecule has 2 aromatic rings. The number of nitrogens with zero attached hydrogens (tertiary/aromatic N) is 2. The summed E-state index contributed by atoms with van der Waals surface area (Å²) < 4.78 is 0. The van der Waals surface area contributed by atoms with E-state index >= 15 is 0 Å². The summed E-state index contributed by atoms with van der Waals surface area (Å²) in [5.41, 5.74) is 2.26. The first-order valence-corrected chi connectivity index (χ1v) is 5.08. The van der Waals surface area contributed by atoms with Crippen LogP contribution in [0.15, 0.2) is 30.7 Å². The summed E-state index contributed by atoms with van der Waals surface area (Å²) in [6.07, 6.45) is 3.35. The second-order valence-corrected chi connectivity index (χ2v) is 3.67. The molecule has 1 heterocycles. The van der Waals surface area contributed by atoms with Gasteiger partial charge >= 0.3 is 0 Å². The van der Waals surface area contributed by atoms with Crippen molar-refractivity contribution in [3.05, 3.63) is 47.0 Å². The maximum Gasteiger partial charge on any atom is 0.101 e. The van der Waals surface area contributed by atoms with Crippen LogP contribution in [-0.4, -0.2) is 9.97 Å². The second kappa shape index (κ2) is 4.69. The van der Waals surface area contributed by atoms with Gasteiger partial charge < -0.3 is 10.3 Å². The summed E-state index contributed by atoms with van der Waals surface area (Å²) in [5, 5.41) is 12.6. The molecule has 0 unspecified atom stereocenters. The van der Waals surface area contributed by atoms with E-state index in [2.05, 4.69) is 21.4 Å². The Bertz CT molecular complexity index is 513. The molecule has 0 spiro atoms. The average molecular weight is 233 g/mol. The van der Waals surface area contributed by atoms with Crippen LogP contribution in [0.1, 0.15) is 11.3 Å². The first kappa shape index (κ1) is 10.5. The maximum atomic E-state index is 8.93. The van der Waals surface area contributed by atoms with Gasteiger partial charge in [-0.2, -0.15) is 5.26 Å². The molecule has 0 saturated carbocycles. The Kier molecular flexibility index (Phi) is 3.08. The molecular weight excluding hydrogens is 224 g/mol. The molecule has 2 rings (SSSR count). The van der Waals surface area contributed by atoms with Gasteiger partial charge in [-0.15, -0.1) is 0 Å². The van der Waals surface area contributed by atoms with Crippen molar-refractivity contribution in [2.75, 3.05) is 5.32 Å². The van der Waals surface area contributed by atoms with Crippen LogP contribution in [-0.2, 0) is 6.54 Å². The van der Waals surface area contributed by atoms with Gasteiger partial charge in [-0.25, -0.2) is 4.98 Å². The van der Waals surface area contributed by atoms with Crippen molar-refractivity contribution in [3.8, 4) is 6.07 Å². The quantitative estimate of drug-likeness (QED) is 0.855. The van der Waals surface area contributed by atoms with Crippen LogP contribution < -0.4 is 5.32 Å². The Labute approximate surface area is 97.9 Å². The number of nitrogens with one attached hydrogen (secondary N) is 2. The molecule has 0 saturated heterocycles. The summed E-state index contributed by atoms with van der Waals surface area (Å²) in [7, 11) is 0. The van der Waals surface area contributed by atoms with Crippen molar-refractivity contribution < 1.29 is 0 Å². The van der Waals surface area contributed by atoms with E-state index in [0.717, 1.165) is 11.4 Å². The van der Waals surface area contributed by atoms with Gasteiger partial charge in [0.1, 0.15) is 6.07 Å². The van der Waals surface area contributed by atoms with Gasteiger partial charge in [0.05, 0.1) is 29.8 Å². The van der Waals surface area contributed by atoms with Crippen LogP contribution in [0, 0.1) is 11.3 Å². The van der Waals surface area contributed by atoms with E-state index in [9.17, 15) is 0 Å². The molecule has 0 fully saturated rings. The highest BCUT2D eigenvalue weighted by Gasteiger charge is 2.02. The molecule has 2 N–H and O–H groups in total. The van der Waals surface area contributed by atoms with Crippen LogP contribution in [0.5, 0.6) is 0 Å². The minimum absolute atomic E-state index is 0.534. The molecule has 80 valence electrons. The lowest BCUT2D eigenvalue weighted by molar-refractivity contribution is 1.07. The number of halogens is 1. The smallest absolute Gasteiger partial charge is 0.101 e. The lowest BCUT2D eigenvalue weighted by Crippen LogP contribution is -2.01. The summed E-state index contributed by atoms with van der Waals surface area (Å²) in [4.78, 5) is 6.88. The van der Waals surface area contributed by atoms with Gasteiger partial charge in [0.2, 0.25) is 0 Å². The minimum Gasteiger partial charge on any atom is -0.378 e. The third kappa shape index (κ3) is 2.33. The molecule has 1 aromatic heterocycles. The predicted molar refractivity (Wildman–Crippen MR) is 62.1 cm³/mol. The fraction of sp³-hybridized carbons (Fsp3) is 0.0909. The Morgan fingerprint density at radius 3 is 3.06 bits per heavy atom. The van der Waals surface area contributed by atoms with Gasteiger partial charge in [-0.05, 0) is 18.2 Å². The summed E-state index contributed by atoms with van der Waals surface area (Å²) in [5.74, 6) is 0. The second-order valence-electron chi connectivity index (χ2n) is 3.23. The topological polar surface area (TPSA) is 64.5 Å². The van der Waals surface area contributed by atoms with E-state index in [0.29, 0.717) is 17.1 Å². The minimum atomic E-state index is 0.534. The summed E-state index contributed by atoms with van der Waals surface area (Å²) in [6, 6.07) is 7.27. The Morgan fingerprint density at radius 1 is 1.50 bits per heavy atom. The molecule has 16 heavy (non-hydrogen) atoms. The number of aromatic nitrogens is 2. The van der Waals surface area contributed by atoms with Crippen LogP contribution in [0.25, 0.3) is 0 Å². The molecule has 5 heteroatoms. The molecule has 1 aromatic carbocycles. The monoisotopic (exact) mass is 232 g/mol. The standard InChI is InChI=1S/C11H9ClN4/c12-9-1-2-11(8(3-9)4-13)15-6-10-5-14-7-16-10/h1-3,5,7,15H,6H2,(H,14,16). The number of aromatic amines is 1. The van der Waals surface area contributed by atoms with Crippen molar-refractivity contribution in [2.24, 2.45) is 0 Å². The number of H-pyrrole nitrogens is 1. The first-order chi connectivity index (χ1) is 7.79. The number of anilines is 1. The van der Waals surface area contributed by atoms with E-state index in [4.69, 9.17) is 16.9 Å². The van der Waals surface area contributed by atoms with Gasteiger partial charge in [0.25, 0.3) is 0 Å². The third-order valence-corrected chi connectivity index (χ3v) is 2.36. The third-order valence-electron chi connectivity index (χ3n) is 2.13. The van der Waals surface area contributed by atoms with Crippen molar-refractivity contribution in [1.29, 1.82) is 5.26 Å². The van der Waals surface area contributed by atoms with Gasteiger partial charge in [0, 0.05) is 11.2 Å². The molecule has 0 atom stereocenters. The van der Waals surface area contributed by atoms with E-state index in [1.807, 2.05) is 0 Å². The van der Waals surface area contributed by atoms with Crippen molar-refractivity contribution in [3.63, 3.8) is 0 Å². The van der Waals surface area contributed by atoms with Crippen molar-refractivity contribution in [1.82, 2.24) is 9.97 Å². The number of hydrogen-bond donors (Lipinski definition) is 2. The zero-order valence-electron chi connectivity index (χ0n) is 8.37. The lowest BCUT2D eigenvalue weighted by Gasteiger charge is -2.06. The van der Waals surface area contributed by atoms with Crippen LogP contribution in [0.3, 0.4) is 0 Å². The molecular formula is C11H9ClN4. The zero-order chi connectivity index (χ0) is 11.4. The number of hydrogen-bond acceptors (Lipinski definition) is 3. The Balaban J connectivity index is 2.13. The van der Waals surface area contributed by atoms with Crippen LogP contribution >= 0.6 is 11.6 Å². The van der Waals surface area contributed by atoms with E-state index in [-0.39, 0.29) is 0 Å². The van der Waals surface area contributed by atoms with E-state index in [1.54, 1.807) is 30.7 Å². The molecule has 0 bridgehead atoms. The predicted octanol–water partition coefficient (Wildman–Crippen LogP) is 2.55. The van der Waals surface area contributed by atoms with Gasteiger partial charge in [-0.3, -0.25) is 0 Å². The van der Waals surface area contributed by atoms with Gasteiger partial charge in [-0.1, -0.05) is 11.6 Å². The maximum absolute atomic E-state index is 8.93. The van der Waals surface area contributed by atoms with Crippen LogP contribution in [0.4, 0.5) is 5.69 Å². The molecule has 0 aliphatic heterocycles. The highest BCUT2D eigenvalue weighted by molar-refractivity contribution is 6.30. The molecule has 0 radical (unpaired) electrons. The SMILES string of the molecule is N#Cc1cc(Cl)ccc1NCc1cnc[nH]1. The summed E-state index contributed by atoms with van der Waals surface area (Å²) >= 11 is 5.80. The molecule has 4 nitrogen and oxygen atoms in total. The highest BCUT2D eigenvalue weighted by atomic mass is 35.5. The number of nitriles is 1. The molecule has 0 amide bonds. The number of benzene rings is 1. The zero-order valence-corrected chi connectivity index (χ0v) is 9.12. The fourth-order valence-corrected chi connectivity index (χ4v) is 1.51. The largest absolute Gasteiger partial charge is 0.378 e. The summed E-state index contributed by atoms with van der Waals surface area (Å²) in [6.45, 7) is 0.594. The Hall–Kier alpha value is -1.99. The van der Waals surface area contributed by atoms with Crippen LogP contribution in [0.2, 0.25) is 5.02 Å². The van der Waals surface area contributed by atoms with Gasteiger partial charge in [0.15, 0.2) is 0 Å². The van der Waals surface area contributed by atoms with Crippen molar-refractivity contribution >= 4 is 17.3 Å². The average Bonchev–Trinajstić information content (AvgIpc) is 2.80. The lowest BCUT2D eigenvalue weighted by atomic mass is 10.2. The van der Waals surface area contributed by atoms with E-state index in [1.165, 1.54) is 0 Å². The number of imidazole rings is 1. The Morgan fingerprint density at radius 2 is 2.38 bits per heavy atom. The normalized spacial score (nSPS) is 9.75. The fourth-order valence-electron chi connectivity index (χ4n) is 1.33. The first-order valence-electron chi connectivity index (χ1n) is 4.70. The van der Waals surface area contributed by atoms with E-state index < -0.39 is 0 Å². The highest BCUT2D eigenvalue weighted by Crippen LogP contribution is 2.20. The van der Waals surface area contributed by atoms with Crippen molar-refractivity contribution in [2.45, 2.75) is 6.54 Å². The molecule has 0 aliphatic carbocycles.